The van der Waals surface area contributed by atoms with Gasteiger partial charge in [-0.2, -0.15) is 0 Å². The van der Waals surface area contributed by atoms with Gasteiger partial charge in [-0.15, -0.1) is 0 Å². The molecule has 2 rings (SSSR count). The molecular formula is C13H14O3. The Kier molecular flexibility index (Phi) is 2.69. The minimum absolute atomic E-state index is 0.269. The molecule has 0 radical (unpaired) electrons. The highest BCUT2D eigenvalue weighted by Crippen LogP contribution is 2.24. The van der Waals surface area contributed by atoms with Crippen LogP contribution in [0.4, 0.5) is 0 Å². The van der Waals surface area contributed by atoms with Crippen LogP contribution in [0.5, 0.6) is 0 Å². The number of benzene rings is 1. The second-order valence-electron chi connectivity index (χ2n) is 3.83. The van der Waals surface area contributed by atoms with E-state index in [0.717, 1.165) is 22.1 Å². The zero-order chi connectivity index (χ0) is 11.7. The molecule has 0 saturated heterocycles. The molecule has 0 aliphatic carbocycles. The van der Waals surface area contributed by atoms with Crippen molar-refractivity contribution in [2.75, 3.05) is 6.61 Å². The molecule has 1 heterocycles. The Morgan fingerprint density at radius 3 is 2.75 bits per heavy atom. The van der Waals surface area contributed by atoms with E-state index in [2.05, 4.69) is 0 Å². The van der Waals surface area contributed by atoms with E-state index < -0.39 is 5.97 Å². The van der Waals surface area contributed by atoms with Gasteiger partial charge in [0.05, 0.1) is 6.61 Å². The zero-order valence-corrected chi connectivity index (χ0v) is 9.66. The fraction of sp³-hybridized carbons (Fsp3) is 0.308. The standard InChI is InChI=1S/C13H14O3/c1-4-15-13(14)11-7-10-6-8(2)5-9(3)12(10)16-11/h5-7H,4H2,1-3H3. The third-order valence-corrected chi connectivity index (χ3v) is 2.42. The molecule has 0 aliphatic rings. The predicted molar refractivity (Wildman–Crippen MR) is 61.6 cm³/mol. The summed E-state index contributed by atoms with van der Waals surface area (Å²) in [7, 11) is 0. The number of fused-ring (bicyclic) bond motifs is 1. The Balaban J connectivity index is 2.51. The monoisotopic (exact) mass is 218 g/mol. The lowest BCUT2D eigenvalue weighted by Crippen LogP contribution is -2.02. The lowest BCUT2D eigenvalue weighted by molar-refractivity contribution is 0.0492. The summed E-state index contributed by atoms with van der Waals surface area (Å²) in [4.78, 5) is 11.5. The van der Waals surface area contributed by atoms with Gasteiger partial charge in [0.25, 0.3) is 0 Å². The highest BCUT2D eigenvalue weighted by Gasteiger charge is 2.14. The molecule has 16 heavy (non-hydrogen) atoms. The lowest BCUT2D eigenvalue weighted by Gasteiger charge is -1.97. The molecule has 3 heteroatoms. The Hall–Kier alpha value is -1.77. The largest absolute Gasteiger partial charge is 0.460 e. The highest BCUT2D eigenvalue weighted by atomic mass is 16.5. The van der Waals surface area contributed by atoms with Crippen molar-refractivity contribution >= 4 is 16.9 Å². The van der Waals surface area contributed by atoms with Crippen LogP contribution in [0.1, 0.15) is 28.6 Å². The number of ether oxygens (including phenoxy) is 1. The second-order valence-corrected chi connectivity index (χ2v) is 3.83. The smallest absolute Gasteiger partial charge is 0.374 e. The first-order valence-corrected chi connectivity index (χ1v) is 5.29. The van der Waals surface area contributed by atoms with Gasteiger partial charge in [0.2, 0.25) is 5.76 Å². The third kappa shape index (κ3) is 1.81. The van der Waals surface area contributed by atoms with Gasteiger partial charge < -0.3 is 9.15 Å². The van der Waals surface area contributed by atoms with Crippen molar-refractivity contribution in [1.29, 1.82) is 0 Å². The van der Waals surface area contributed by atoms with Crippen LogP contribution in [-0.2, 0) is 4.74 Å². The molecule has 3 nitrogen and oxygen atoms in total. The minimum atomic E-state index is -0.407. The van der Waals surface area contributed by atoms with E-state index in [-0.39, 0.29) is 5.76 Å². The number of carbonyl (C=O) groups is 1. The van der Waals surface area contributed by atoms with Crippen molar-refractivity contribution in [3.63, 3.8) is 0 Å². The molecule has 0 amide bonds. The van der Waals surface area contributed by atoms with Crippen molar-refractivity contribution in [3.8, 4) is 0 Å². The minimum Gasteiger partial charge on any atom is -0.460 e. The van der Waals surface area contributed by atoms with Crippen LogP contribution in [0.25, 0.3) is 11.0 Å². The summed E-state index contributed by atoms with van der Waals surface area (Å²) in [6, 6.07) is 5.75. The summed E-state index contributed by atoms with van der Waals surface area (Å²) in [5.41, 5.74) is 2.94. The fourth-order valence-corrected chi connectivity index (χ4v) is 1.82. The summed E-state index contributed by atoms with van der Waals surface area (Å²) in [6.45, 7) is 6.11. The van der Waals surface area contributed by atoms with Crippen LogP contribution in [0.3, 0.4) is 0 Å². The molecule has 2 aromatic rings. The summed E-state index contributed by atoms with van der Waals surface area (Å²) in [6.07, 6.45) is 0. The normalized spacial score (nSPS) is 10.7. The topological polar surface area (TPSA) is 39.4 Å². The molecule has 84 valence electrons. The number of esters is 1. The Labute approximate surface area is 94.0 Å². The molecule has 0 N–H and O–H groups in total. The van der Waals surface area contributed by atoms with E-state index in [9.17, 15) is 4.79 Å². The fourth-order valence-electron chi connectivity index (χ4n) is 1.82. The Morgan fingerprint density at radius 2 is 2.06 bits per heavy atom. The molecule has 0 bridgehead atoms. The number of rotatable bonds is 2. The first kappa shape index (κ1) is 10.7. The zero-order valence-electron chi connectivity index (χ0n) is 9.66. The number of carbonyl (C=O) groups excluding carboxylic acids is 1. The van der Waals surface area contributed by atoms with Crippen molar-refractivity contribution < 1.29 is 13.9 Å². The van der Waals surface area contributed by atoms with Crippen LogP contribution < -0.4 is 0 Å². The second kappa shape index (κ2) is 4.00. The predicted octanol–water partition coefficient (Wildman–Crippen LogP) is 3.23. The first-order chi connectivity index (χ1) is 7.61. The van der Waals surface area contributed by atoms with Crippen molar-refractivity contribution in [2.45, 2.75) is 20.8 Å². The maximum atomic E-state index is 11.5. The molecule has 0 saturated carbocycles. The summed E-state index contributed by atoms with van der Waals surface area (Å²) in [5, 5.41) is 0.945. The third-order valence-electron chi connectivity index (χ3n) is 2.42. The number of hydrogen-bond acceptors (Lipinski definition) is 3. The van der Waals surface area contributed by atoms with E-state index >= 15 is 0 Å². The van der Waals surface area contributed by atoms with Gasteiger partial charge in [-0.1, -0.05) is 6.07 Å². The van der Waals surface area contributed by atoms with Gasteiger partial charge in [0.1, 0.15) is 5.58 Å². The molecule has 1 aromatic carbocycles. The molecule has 0 fully saturated rings. The molecule has 1 aromatic heterocycles. The number of aryl methyl sites for hydroxylation is 2. The maximum Gasteiger partial charge on any atom is 0.374 e. The summed E-state index contributed by atoms with van der Waals surface area (Å²) >= 11 is 0. The molecule has 0 spiro atoms. The van der Waals surface area contributed by atoms with E-state index in [0.29, 0.717) is 6.61 Å². The van der Waals surface area contributed by atoms with Crippen LogP contribution in [0.15, 0.2) is 22.6 Å². The average molecular weight is 218 g/mol. The van der Waals surface area contributed by atoms with Crippen LogP contribution in [0, 0.1) is 13.8 Å². The summed E-state index contributed by atoms with van der Waals surface area (Å²) in [5.74, 6) is -0.138. The van der Waals surface area contributed by atoms with Gasteiger partial charge in [-0.05, 0) is 44.0 Å². The maximum absolute atomic E-state index is 11.5. The molecule has 0 aliphatic heterocycles. The number of furan rings is 1. The van der Waals surface area contributed by atoms with E-state index in [1.807, 2.05) is 26.0 Å². The molecule has 0 unspecified atom stereocenters. The van der Waals surface area contributed by atoms with E-state index in [4.69, 9.17) is 9.15 Å². The van der Waals surface area contributed by atoms with Gasteiger partial charge in [0, 0.05) is 5.39 Å². The van der Waals surface area contributed by atoms with Gasteiger partial charge in [0.15, 0.2) is 0 Å². The lowest BCUT2D eigenvalue weighted by atomic mass is 10.1. The molecule has 0 atom stereocenters. The van der Waals surface area contributed by atoms with Crippen molar-refractivity contribution in [2.24, 2.45) is 0 Å². The Morgan fingerprint density at radius 1 is 1.31 bits per heavy atom. The highest BCUT2D eigenvalue weighted by molar-refractivity contribution is 5.93. The first-order valence-electron chi connectivity index (χ1n) is 5.29. The van der Waals surface area contributed by atoms with Gasteiger partial charge in [-0.25, -0.2) is 4.79 Å². The van der Waals surface area contributed by atoms with Crippen molar-refractivity contribution in [3.05, 3.63) is 35.1 Å². The van der Waals surface area contributed by atoms with Gasteiger partial charge >= 0.3 is 5.97 Å². The SMILES string of the molecule is CCOC(=O)c1cc2cc(C)cc(C)c2o1. The van der Waals surface area contributed by atoms with Crippen LogP contribution in [0.2, 0.25) is 0 Å². The summed E-state index contributed by atoms with van der Waals surface area (Å²) < 4.78 is 10.4. The van der Waals surface area contributed by atoms with Gasteiger partial charge in [-0.3, -0.25) is 0 Å². The van der Waals surface area contributed by atoms with Crippen LogP contribution >= 0.6 is 0 Å². The average Bonchev–Trinajstić information content (AvgIpc) is 2.62. The Bertz CT molecular complexity index is 537. The number of hydrogen-bond donors (Lipinski definition) is 0. The van der Waals surface area contributed by atoms with E-state index in [1.54, 1.807) is 13.0 Å². The van der Waals surface area contributed by atoms with E-state index in [1.165, 1.54) is 0 Å². The van der Waals surface area contributed by atoms with Crippen molar-refractivity contribution in [1.82, 2.24) is 0 Å². The molecular weight excluding hydrogens is 204 g/mol. The van der Waals surface area contributed by atoms with Crippen LogP contribution in [-0.4, -0.2) is 12.6 Å². The quantitative estimate of drug-likeness (QED) is 0.726.